The maximum absolute atomic E-state index is 13.2. The van der Waals surface area contributed by atoms with E-state index in [1.165, 1.54) is 0 Å². The zero-order chi connectivity index (χ0) is 23.9. The van der Waals surface area contributed by atoms with Crippen LogP contribution in [0.25, 0.3) is 22.4 Å². The van der Waals surface area contributed by atoms with Crippen LogP contribution in [0.3, 0.4) is 0 Å². The minimum absolute atomic E-state index is 0.0426. The van der Waals surface area contributed by atoms with Crippen molar-refractivity contribution in [2.75, 3.05) is 19.8 Å². The molecule has 0 saturated carbocycles. The second-order valence-corrected chi connectivity index (χ2v) is 8.97. The lowest BCUT2D eigenvalue weighted by Gasteiger charge is -2.29. The number of primary amides is 1. The smallest absolute Gasteiger partial charge is 0.254 e. The van der Waals surface area contributed by atoms with Crippen molar-refractivity contribution in [3.05, 3.63) is 65.2 Å². The van der Waals surface area contributed by atoms with Crippen LogP contribution in [0.15, 0.2) is 42.5 Å². The molecule has 2 aliphatic rings. The first-order valence-corrected chi connectivity index (χ1v) is 11.8. The molecule has 10 nitrogen and oxygen atoms in total. The number of aromatic nitrogens is 5. The maximum atomic E-state index is 13.2. The molecule has 4 aromatic rings. The monoisotopic (exact) mass is 471 g/mol. The van der Waals surface area contributed by atoms with E-state index in [2.05, 4.69) is 24.7 Å². The average molecular weight is 472 g/mol. The van der Waals surface area contributed by atoms with Crippen molar-refractivity contribution >= 4 is 22.8 Å². The first kappa shape index (κ1) is 21.5. The van der Waals surface area contributed by atoms with Crippen molar-refractivity contribution < 1.29 is 14.3 Å². The number of H-pyrrole nitrogens is 1. The third-order valence-electron chi connectivity index (χ3n) is 6.84. The quantitative estimate of drug-likeness (QED) is 0.470. The van der Waals surface area contributed by atoms with Gasteiger partial charge in [-0.1, -0.05) is 18.2 Å². The number of aromatic amines is 1. The van der Waals surface area contributed by atoms with Crippen molar-refractivity contribution in [2.24, 2.45) is 5.73 Å². The van der Waals surface area contributed by atoms with E-state index >= 15 is 0 Å². The van der Waals surface area contributed by atoms with Gasteiger partial charge in [-0.3, -0.25) is 9.59 Å². The SMILES string of the molecule is NC(=O)c1cccc2[nH]c(-c3ccc(C(=O)N4CCn5c(nnc5C5CCOCC5)C4)cc3)nc12. The number of carbonyl (C=O) groups is 2. The van der Waals surface area contributed by atoms with Crippen LogP contribution in [0, 0.1) is 0 Å². The highest BCUT2D eigenvalue weighted by atomic mass is 16.5. The molecule has 0 aliphatic carbocycles. The van der Waals surface area contributed by atoms with Crippen LogP contribution >= 0.6 is 0 Å². The molecule has 0 spiro atoms. The zero-order valence-corrected chi connectivity index (χ0v) is 19.1. The van der Waals surface area contributed by atoms with E-state index in [0.29, 0.717) is 48.0 Å². The molecule has 4 heterocycles. The Hall–Kier alpha value is -4.05. The summed E-state index contributed by atoms with van der Waals surface area (Å²) in [7, 11) is 0. The molecule has 2 aromatic carbocycles. The molecule has 3 N–H and O–H groups in total. The van der Waals surface area contributed by atoms with E-state index in [-0.39, 0.29) is 5.91 Å². The summed E-state index contributed by atoms with van der Waals surface area (Å²) in [5.41, 5.74) is 8.52. The zero-order valence-electron chi connectivity index (χ0n) is 19.1. The van der Waals surface area contributed by atoms with Gasteiger partial charge in [0.25, 0.3) is 11.8 Å². The molecule has 10 heteroatoms. The molecule has 0 atom stereocenters. The van der Waals surface area contributed by atoms with Gasteiger partial charge in [-0.2, -0.15) is 0 Å². The van der Waals surface area contributed by atoms with Gasteiger partial charge in [0.05, 0.1) is 17.6 Å². The Balaban J connectivity index is 1.19. The van der Waals surface area contributed by atoms with Gasteiger partial charge >= 0.3 is 0 Å². The summed E-state index contributed by atoms with van der Waals surface area (Å²) < 4.78 is 7.64. The van der Waals surface area contributed by atoms with Crippen molar-refractivity contribution in [3.8, 4) is 11.4 Å². The number of para-hydroxylation sites is 1. The largest absolute Gasteiger partial charge is 0.381 e. The summed E-state index contributed by atoms with van der Waals surface area (Å²) in [6.07, 6.45) is 1.92. The normalized spacial score (nSPS) is 16.4. The number of carbonyl (C=O) groups excluding carboxylic acids is 2. The highest BCUT2D eigenvalue weighted by Crippen LogP contribution is 2.28. The Bertz CT molecular complexity index is 1420. The summed E-state index contributed by atoms with van der Waals surface area (Å²) >= 11 is 0. The maximum Gasteiger partial charge on any atom is 0.254 e. The number of ether oxygens (including phenoxy) is 1. The Kier molecular flexibility index (Phi) is 5.29. The van der Waals surface area contributed by atoms with Gasteiger partial charge in [0.1, 0.15) is 17.2 Å². The topological polar surface area (TPSA) is 132 Å². The highest BCUT2D eigenvalue weighted by Gasteiger charge is 2.29. The van der Waals surface area contributed by atoms with Gasteiger partial charge in [-0.15, -0.1) is 10.2 Å². The predicted octanol–water partition coefficient (Wildman–Crippen LogP) is 2.47. The number of hydrogen-bond donors (Lipinski definition) is 2. The summed E-state index contributed by atoms with van der Waals surface area (Å²) in [6, 6.07) is 12.6. The van der Waals surface area contributed by atoms with E-state index < -0.39 is 5.91 Å². The van der Waals surface area contributed by atoms with Crippen LogP contribution in [0.2, 0.25) is 0 Å². The van der Waals surface area contributed by atoms with Crippen molar-refractivity contribution in [1.82, 2.24) is 29.6 Å². The molecule has 1 fully saturated rings. The molecule has 35 heavy (non-hydrogen) atoms. The molecule has 1 saturated heterocycles. The summed E-state index contributed by atoms with van der Waals surface area (Å²) in [5.74, 6) is 2.27. The van der Waals surface area contributed by atoms with Gasteiger partial charge < -0.3 is 24.9 Å². The van der Waals surface area contributed by atoms with E-state index in [9.17, 15) is 9.59 Å². The Morgan fingerprint density at radius 2 is 1.83 bits per heavy atom. The lowest BCUT2D eigenvalue weighted by molar-refractivity contribution is 0.0698. The number of nitrogens with two attached hydrogens (primary N) is 1. The second-order valence-electron chi connectivity index (χ2n) is 8.97. The molecule has 178 valence electrons. The molecule has 0 radical (unpaired) electrons. The van der Waals surface area contributed by atoms with E-state index in [1.54, 1.807) is 24.3 Å². The molecule has 2 amide bonds. The number of imidazole rings is 1. The van der Waals surface area contributed by atoms with Crippen LogP contribution in [-0.4, -0.2) is 61.2 Å². The lowest BCUT2D eigenvalue weighted by atomic mass is 9.99. The molecular weight excluding hydrogens is 446 g/mol. The summed E-state index contributed by atoms with van der Waals surface area (Å²) in [6.45, 7) is 3.26. The Morgan fingerprint density at radius 3 is 2.60 bits per heavy atom. The van der Waals surface area contributed by atoms with E-state index in [1.807, 2.05) is 23.1 Å². The minimum atomic E-state index is -0.521. The van der Waals surface area contributed by atoms with Gasteiger partial charge in [0.2, 0.25) is 0 Å². The number of benzene rings is 2. The number of fused-ring (bicyclic) bond motifs is 2. The molecule has 2 aliphatic heterocycles. The fourth-order valence-electron chi connectivity index (χ4n) is 4.93. The van der Waals surface area contributed by atoms with E-state index in [0.717, 1.165) is 48.8 Å². The first-order valence-electron chi connectivity index (χ1n) is 11.8. The Labute approximate surface area is 201 Å². The van der Waals surface area contributed by atoms with Crippen LogP contribution in [0.4, 0.5) is 0 Å². The molecule has 2 aromatic heterocycles. The third kappa shape index (κ3) is 3.85. The van der Waals surface area contributed by atoms with Crippen LogP contribution in [0.1, 0.15) is 51.1 Å². The molecule has 0 unspecified atom stereocenters. The van der Waals surface area contributed by atoms with Crippen molar-refractivity contribution in [3.63, 3.8) is 0 Å². The predicted molar refractivity (Wildman–Crippen MR) is 128 cm³/mol. The first-order chi connectivity index (χ1) is 17.1. The number of nitrogens with zero attached hydrogens (tertiary/aromatic N) is 5. The van der Waals surface area contributed by atoms with Crippen LogP contribution < -0.4 is 5.73 Å². The molecule has 6 rings (SSSR count). The van der Waals surface area contributed by atoms with Crippen LogP contribution in [0.5, 0.6) is 0 Å². The van der Waals surface area contributed by atoms with Crippen molar-refractivity contribution in [2.45, 2.75) is 31.8 Å². The molecular formula is C25H25N7O3. The standard InChI is InChI=1S/C25H25N7O3/c26-22(33)18-2-1-3-19-21(18)28-23(27-19)15-4-6-17(7-5-15)25(34)31-10-11-32-20(14-31)29-30-24(32)16-8-12-35-13-9-16/h1-7,16H,8-14H2,(H2,26,33)(H,27,28). The highest BCUT2D eigenvalue weighted by molar-refractivity contribution is 6.04. The van der Waals surface area contributed by atoms with Gasteiger partial charge in [0, 0.05) is 43.3 Å². The number of amides is 2. The van der Waals surface area contributed by atoms with Crippen molar-refractivity contribution in [1.29, 1.82) is 0 Å². The molecule has 0 bridgehead atoms. The third-order valence-corrected chi connectivity index (χ3v) is 6.84. The van der Waals surface area contributed by atoms with Crippen LogP contribution in [-0.2, 0) is 17.8 Å². The fraction of sp³-hybridized carbons (Fsp3) is 0.320. The average Bonchev–Trinajstić information content (AvgIpc) is 3.53. The van der Waals surface area contributed by atoms with Gasteiger partial charge in [-0.05, 0) is 37.1 Å². The van der Waals surface area contributed by atoms with E-state index in [4.69, 9.17) is 10.5 Å². The Morgan fingerprint density at radius 1 is 1.03 bits per heavy atom. The van der Waals surface area contributed by atoms with Gasteiger partial charge in [0.15, 0.2) is 5.82 Å². The number of nitrogens with one attached hydrogen (secondary N) is 1. The van der Waals surface area contributed by atoms with Gasteiger partial charge in [-0.25, -0.2) is 4.98 Å². The number of rotatable bonds is 4. The lowest BCUT2D eigenvalue weighted by Crippen LogP contribution is -2.39. The summed E-state index contributed by atoms with van der Waals surface area (Å²) in [5, 5.41) is 8.83. The second kappa shape index (κ2) is 8.62. The minimum Gasteiger partial charge on any atom is -0.381 e. The summed E-state index contributed by atoms with van der Waals surface area (Å²) in [4.78, 5) is 34.5. The number of hydrogen-bond acceptors (Lipinski definition) is 6. The fourth-order valence-corrected chi connectivity index (χ4v) is 4.93.